The highest BCUT2D eigenvalue weighted by Crippen LogP contribution is 2.26. The normalized spacial score (nSPS) is 15.0. The first-order valence-corrected chi connectivity index (χ1v) is 14.5. The number of hydrogen-bond donors (Lipinski definition) is 1. The molecular formula is C34H34N6O2. The second kappa shape index (κ2) is 11.2. The van der Waals surface area contributed by atoms with Gasteiger partial charge in [-0.25, -0.2) is 9.97 Å². The number of pyridine rings is 2. The number of fused-ring (bicyclic) bond motifs is 2. The lowest BCUT2D eigenvalue weighted by atomic mass is 10.1. The third-order valence-corrected chi connectivity index (χ3v) is 8.00. The van der Waals surface area contributed by atoms with Crippen LogP contribution in [-0.4, -0.2) is 63.3 Å². The number of imidazole rings is 2. The van der Waals surface area contributed by atoms with Gasteiger partial charge in [0.25, 0.3) is 0 Å². The second-order valence-electron chi connectivity index (χ2n) is 10.9. The Balaban J connectivity index is 0.000000138. The Morgan fingerprint density at radius 2 is 1.14 bits per heavy atom. The molecule has 1 N–H and O–H groups in total. The van der Waals surface area contributed by atoms with Crippen LogP contribution in [0, 0.1) is 6.92 Å². The molecular weight excluding hydrogens is 524 g/mol. The van der Waals surface area contributed by atoms with Crippen molar-refractivity contribution in [3.05, 3.63) is 103 Å². The van der Waals surface area contributed by atoms with Crippen molar-refractivity contribution in [2.45, 2.75) is 13.3 Å². The Kier molecular flexibility index (Phi) is 6.97. The number of benzene rings is 2. The predicted octanol–water partition coefficient (Wildman–Crippen LogP) is 6.06. The molecule has 2 aliphatic heterocycles. The Morgan fingerprint density at radius 1 is 0.643 bits per heavy atom. The van der Waals surface area contributed by atoms with E-state index >= 15 is 0 Å². The van der Waals surface area contributed by atoms with E-state index in [0.717, 1.165) is 73.2 Å². The molecule has 42 heavy (non-hydrogen) atoms. The van der Waals surface area contributed by atoms with Gasteiger partial charge in [0, 0.05) is 85.6 Å². The fourth-order valence-corrected chi connectivity index (χ4v) is 5.37. The van der Waals surface area contributed by atoms with E-state index in [1.807, 2.05) is 22.7 Å². The first-order chi connectivity index (χ1) is 20.6. The monoisotopic (exact) mass is 558 g/mol. The number of aromatic nitrogens is 4. The molecule has 4 aromatic heterocycles. The fraction of sp³-hybridized carbons (Fsp3) is 0.235. The highest BCUT2D eigenvalue weighted by atomic mass is 16.5. The molecule has 2 fully saturated rings. The van der Waals surface area contributed by atoms with Crippen LogP contribution in [0.15, 0.2) is 97.6 Å². The molecule has 0 saturated carbocycles. The average Bonchev–Trinajstić information content (AvgIpc) is 3.62. The van der Waals surface area contributed by atoms with Crippen LogP contribution < -0.4 is 9.80 Å². The van der Waals surface area contributed by atoms with Crippen LogP contribution in [0.5, 0.6) is 5.75 Å². The van der Waals surface area contributed by atoms with Crippen molar-refractivity contribution >= 4 is 22.7 Å². The molecule has 6 aromatic rings. The summed E-state index contributed by atoms with van der Waals surface area (Å²) in [4.78, 5) is 14.1. The Labute approximate surface area is 245 Å². The van der Waals surface area contributed by atoms with Crippen LogP contribution >= 0.6 is 0 Å². The summed E-state index contributed by atoms with van der Waals surface area (Å²) in [6.07, 6.45) is 9.52. The van der Waals surface area contributed by atoms with E-state index in [4.69, 9.17) is 9.72 Å². The summed E-state index contributed by atoms with van der Waals surface area (Å²) in [6.45, 7) is 7.87. The van der Waals surface area contributed by atoms with Crippen molar-refractivity contribution in [1.29, 1.82) is 0 Å². The number of phenolic OH excluding ortho intramolecular Hbond substituents is 1. The smallest absolute Gasteiger partial charge is 0.139 e. The number of aryl methyl sites for hydroxylation is 1. The molecule has 8 heteroatoms. The molecule has 2 saturated heterocycles. The number of phenols is 1. The Morgan fingerprint density at radius 3 is 1.64 bits per heavy atom. The molecule has 2 aliphatic rings. The van der Waals surface area contributed by atoms with Crippen molar-refractivity contribution in [3.8, 4) is 28.3 Å². The van der Waals surface area contributed by atoms with Crippen molar-refractivity contribution in [2.24, 2.45) is 0 Å². The number of hydrogen-bond acceptors (Lipinski definition) is 6. The SMILES string of the molecule is Cc1ccc(-c2cn3ccc(N4CCOCC4)cc3n2)cc1.Oc1ccc(-c2cn3ccc(N4CCC4)cc3n2)cc1. The summed E-state index contributed by atoms with van der Waals surface area (Å²) in [6, 6.07) is 24.2. The number of nitrogens with zero attached hydrogens (tertiary/aromatic N) is 6. The minimum absolute atomic E-state index is 0.276. The molecule has 0 amide bonds. The summed E-state index contributed by atoms with van der Waals surface area (Å²) >= 11 is 0. The van der Waals surface area contributed by atoms with Gasteiger partial charge in [0.1, 0.15) is 17.0 Å². The predicted molar refractivity (Wildman–Crippen MR) is 168 cm³/mol. The minimum atomic E-state index is 0.276. The van der Waals surface area contributed by atoms with Crippen molar-refractivity contribution in [2.75, 3.05) is 49.2 Å². The first kappa shape index (κ1) is 26.1. The van der Waals surface area contributed by atoms with Gasteiger partial charge in [-0.1, -0.05) is 29.8 Å². The standard InChI is InChI=1S/C18H19N3O.C16H15N3O/c1-14-2-4-15(5-3-14)17-13-21-7-6-16(12-18(21)19-17)20-8-10-22-11-9-20;20-14-4-2-12(3-5-14)15-11-19-9-6-13(10-16(19)17-15)18-7-1-8-18/h2-7,12-13H,8-11H2,1H3;2-6,9-11,20H,1,7-8H2. The van der Waals surface area contributed by atoms with Crippen LogP contribution in [0.1, 0.15) is 12.0 Å². The molecule has 6 heterocycles. The number of rotatable bonds is 4. The van der Waals surface area contributed by atoms with E-state index < -0.39 is 0 Å². The van der Waals surface area contributed by atoms with Gasteiger partial charge in [-0.3, -0.25) is 0 Å². The van der Waals surface area contributed by atoms with E-state index in [-0.39, 0.29) is 5.75 Å². The molecule has 0 unspecified atom stereocenters. The molecule has 0 bridgehead atoms. The maximum absolute atomic E-state index is 9.34. The van der Waals surface area contributed by atoms with Gasteiger partial charge in [-0.15, -0.1) is 0 Å². The lowest BCUT2D eigenvalue weighted by Crippen LogP contribution is -2.36. The lowest BCUT2D eigenvalue weighted by Gasteiger charge is -2.33. The summed E-state index contributed by atoms with van der Waals surface area (Å²) in [7, 11) is 0. The lowest BCUT2D eigenvalue weighted by molar-refractivity contribution is 0.122. The van der Waals surface area contributed by atoms with Crippen LogP contribution in [-0.2, 0) is 4.74 Å². The Bertz CT molecular complexity index is 1810. The Hall–Kier alpha value is -4.82. The van der Waals surface area contributed by atoms with E-state index in [1.54, 1.807) is 12.1 Å². The zero-order chi connectivity index (χ0) is 28.5. The second-order valence-corrected chi connectivity index (χ2v) is 10.9. The van der Waals surface area contributed by atoms with E-state index in [1.165, 1.54) is 23.4 Å². The van der Waals surface area contributed by atoms with Gasteiger partial charge in [0.15, 0.2) is 0 Å². The summed E-state index contributed by atoms with van der Waals surface area (Å²) in [5.41, 5.74) is 9.77. The quantitative estimate of drug-likeness (QED) is 0.284. The third-order valence-electron chi connectivity index (χ3n) is 8.00. The number of ether oxygens (including phenoxy) is 1. The highest BCUT2D eigenvalue weighted by Gasteiger charge is 2.16. The summed E-state index contributed by atoms with van der Waals surface area (Å²) in [5.74, 6) is 0.276. The van der Waals surface area contributed by atoms with Crippen LogP contribution in [0.25, 0.3) is 33.8 Å². The van der Waals surface area contributed by atoms with Crippen LogP contribution in [0.4, 0.5) is 11.4 Å². The number of morpholine rings is 1. The maximum atomic E-state index is 9.34. The topological polar surface area (TPSA) is 70.5 Å². The van der Waals surface area contributed by atoms with E-state index in [2.05, 4.69) is 93.2 Å². The minimum Gasteiger partial charge on any atom is -0.508 e. The van der Waals surface area contributed by atoms with Crippen molar-refractivity contribution in [1.82, 2.24) is 18.8 Å². The molecule has 0 spiro atoms. The molecule has 212 valence electrons. The van der Waals surface area contributed by atoms with E-state index in [0.29, 0.717) is 0 Å². The van der Waals surface area contributed by atoms with Crippen LogP contribution in [0.2, 0.25) is 0 Å². The van der Waals surface area contributed by atoms with Gasteiger partial charge in [-0.2, -0.15) is 0 Å². The molecule has 0 aliphatic carbocycles. The maximum Gasteiger partial charge on any atom is 0.139 e. The van der Waals surface area contributed by atoms with Gasteiger partial charge in [0.05, 0.1) is 24.6 Å². The third kappa shape index (κ3) is 5.41. The zero-order valence-corrected chi connectivity index (χ0v) is 23.7. The fourth-order valence-electron chi connectivity index (χ4n) is 5.37. The average molecular weight is 559 g/mol. The van der Waals surface area contributed by atoms with Gasteiger partial charge in [0.2, 0.25) is 0 Å². The van der Waals surface area contributed by atoms with Gasteiger partial charge >= 0.3 is 0 Å². The van der Waals surface area contributed by atoms with Crippen molar-refractivity contribution < 1.29 is 9.84 Å². The largest absolute Gasteiger partial charge is 0.508 e. The number of aromatic hydroxyl groups is 1. The van der Waals surface area contributed by atoms with Crippen LogP contribution in [0.3, 0.4) is 0 Å². The molecule has 0 atom stereocenters. The van der Waals surface area contributed by atoms with Crippen molar-refractivity contribution in [3.63, 3.8) is 0 Å². The summed E-state index contributed by atoms with van der Waals surface area (Å²) < 4.78 is 9.53. The van der Waals surface area contributed by atoms with Gasteiger partial charge < -0.3 is 28.4 Å². The molecule has 0 radical (unpaired) electrons. The first-order valence-electron chi connectivity index (χ1n) is 14.5. The summed E-state index contributed by atoms with van der Waals surface area (Å²) in [5, 5.41) is 9.34. The molecule has 8 nitrogen and oxygen atoms in total. The van der Waals surface area contributed by atoms with Gasteiger partial charge in [-0.05, 0) is 49.7 Å². The van der Waals surface area contributed by atoms with E-state index in [9.17, 15) is 5.11 Å². The number of anilines is 2. The molecule has 2 aromatic carbocycles. The molecule has 8 rings (SSSR count). The zero-order valence-electron chi connectivity index (χ0n) is 23.7. The highest BCUT2D eigenvalue weighted by molar-refractivity contribution is 5.67.